The molecule has 1 aliphatic heterocycles. The van der Waals surface area contributed by atoms with Crippen LogP contribution in [0.25, 0.3) is 10.9 Å². The number of carbonyl (C=O) groups is 1. The third-order valence-electron chi connectivity index (χ3n) is 5.79. The highest BCUT2D eigenvalue weighted by atomic mass is 19.1. The van der Waals surface area contributed by atoms with Crippen LogP contribution in [0.15, 0.2) is 12.1 Å². The summed E-state index contributed by atoms with van der Waals surface area (Å²) in [5.74, 6) is -0.396. The fourth-order valence-electron chi connectivity index (χ4n) is 3.41. The van der Waals surface area contributed by atoms with Crippen LogP contribution in [0.5, 0.6) is 0 Å². The predicted octanol–water partition coefficient (Wildman–Crippen LogP) is 2.55. The lowest BCUT2D eigenvalue weighted by atomic mass is 9.76. The lowest BCUT2D eigenvalue weighted by molar-refractivity contribution is 0.00578. The molecule has 0 radical (unpaired) electrons. The molecule has 1 saturated heterocycles. The maximum Gasteiger partial charge on any atom is 0.495 e. The zero-order chi connectivity index (χ0) is 20.9. The van der Waals surface area contributed by atoms with Crippen LogP contribution in [-0.4, -0.2) is 57.8 Å². The van der Waals surface area contributed by atoms with Crippen LogP contribution in [0.4, 0.5) is 9.18 Å². The van der Waals surface area contributed by atoms with Crippen molar-refractivity contribution in [2.24, 2.45) is 7.05 Å². The molecule has 1 N–H and O–H groups in total. The molecule has 9 heteroatoms. The molecule has 28 heavy (non-hydrogen) atoms. The van der Waals surface area contributed by atoms with Crippen LogP contribution in [0.3, 0.4) is 0 Å². The monoisotopic (exact) mass is 391 g/mol. The highest BCUT2D eigenvalue weighted by Gasteiger charge is 2.52. The van der Waals surface area contributed by atoms with Crippen molar-refractivity contribution in [1.29, 1.82) is 0 Å². The van der Waals surface area contributed by atoms with E-state index in [1.165, 1.54) is 24.1 Å². The molecule has 0 bridgehead atoms. The van der Waals surface area contributed by atoms with Crippen LogP contribution in [0, 0.1) is 5.82 Å². The van der Waals surface area contributed by atoms with E-state index < -0.39 is 30.2 Å². The van der Waals surface area contributed by atoms with Crippen LogP contribution >= 0.6 is 0 Å². The van der Waals surface area contributed by atoms with Gasteiger partial charge in [0.15, 0.2) is 0 Å². The summed E-state index contributed by atoms with van der Waals surface area (Å²) in [6.07, 6.45) is 0.259. The van der Waals surface area contributed by atoms with Gasteiger partial charge in [0.1, 0.15) is 5.82 Å². The second-order valence-corrected chi connectivity index (χ2v) is 8.36. The van der Waals surface area contributed by atoms with Crippen molar-refractivity contribution in [3.05, 3.63) is 23.6 Å². The fraction of sp³-hybridized carbons (Fsp3) is 0.579. The molecular formula is C19H27BFN3O4. The average Bonchev–Trinajstić information content (AvgIpc) is 2.98. The van der Waals surface area contributed by atoms with Crippen molar-refractivity contribution < 1.29 is 23.6 Å². The number of aromatic nitrogens is 2. The molecule has 1 aliphatic rings. The first-order valence-corrected chi connectivity index (χ1v) is 9.37. The summed E-state index contributed by atoms with van der Waals surface area (Å²) in [5, 5.41) is 14.3. The second-order valence-electron chi connectivity index (χ2n) is 8.36. The van der Waals surface area contributed by atoms with Gasteiger partial charge in [0, 0.05) is 37.8 Å². The first kappa shape index (κ1) is 20.6. The molecule has 0 aliphatic carbocycles. The molecule has 152 valence electrons. The van der Waals surface area contributed by atoms with Crippen molar-refractivity contribution in [3.63, 3.8) is 0 Å². The van der Waals surface area contributed by atoms with Gasteiger partial charge in [-0.05, 0) is 52.1 Å². The van der Waals surface area contributed by atoms with Crippen LogP contribution in [0.2, 0.25) is 0 Å². The predicted molar refractivity (Wildman–Crippen MR) is 105 cm³/mol. The number of amides is 1. The molecule has 0 spiro atoms. The summed E-state index contributed by atoms with van der Waals surface area (Å²) in [4.78, 5) is 12.2. The van der Waals surface area contributed by atoms with Crippen LogP contribution in [-0.2, 0) is 22.8 Å². The van der Waals surface area contributed by atoms with E-state index in [2.05, 4.69) is 5.10 Å². The Kier molecular flexibility index (Phi) is 5.18. The summed E-state index contributed by atoms with van der Waals surface area (Å²) >= 11 is 0. The van der Waals surface area contributed by atoms with E-state index in [9.17, 15) is 9.18 Å². The van der Waals surface area contributed by atoms with Crippen molar-refractivity contribution in [3.8, 4) is 0 Å². The lowest BCUT2D eigenvalue weighted by Gasteiger charge is -2.32. The quantitative estimate of drug-likeness (QED) is 0.793. The minimum Gasteiger partial charge on any atom is -0.465 e. The lowest BCUT2D eigenvalue weighted by Crippen LogP contribution is -2.41. The van der Waals surface area contributed by atoms with Crippen LogP contribution < -0.4 is 5.46 Å². The topological polar surface area (TPSA) is 76.8 Å². The maximum atomic E-state index is 14.3. The van der Waals surface area contributed by atoms with E-state index in [1.54, 1.807) is 4.68 Å². The molecule has 7 nitrogen and oxygen atoms in total. The molecule has 0 atom stereocenters. The van der Waals surface area contributed by atoms with Gasteiger partial charge in [-0.15, -0.1) is 0 Å². The number of carboxylic acid groups (broad SMARTS) is 1. The number of aryl methyl sites for hydroxylation is 2. The van der Waals surface area contributed by atoms with E-state index in [0.29, 0.717) is 30.4 Å². The summed E-state index contributed by atoms with van der Waals surface area (Å²) < 4.78 is 28.3. The molecular weight excluding hydrogens is 364 g/mol. The SMILES string of the molecule is CN(CCCc1c2c(B3OC(C)(C)C(C)(C)O3)cc(F)cc2nn1C)C(=O)O. The number of benzene rings is 1. The summed E-state index contributed by atoms with van der Waals surface area (Å²) in [6, 6.07) is 2.84. The van der Waals surface area contributed by atoms with Crippen molar-refractivity contribution in [2.45, 2.75) is 51.7 Å². The van der Waals surface area contributed by atoms with E-state index in [4.69, 9.17) is 14.4 Å². The first-order chi connectivity index (χ1) is 12.9. The van der Waals surface area contributed by atoms with Gasteiger partial charge < -0.3 is 19.3 Å². The number of halogens is 1. The number of hydrogen-bond donors (Lipinski definition) is 1. The Bertz CT molecular complexity index is 896. The number of rotatable bonds is 5. The summed E-state index contributed by atoms with van der Waals surface area (Å²) in [6.45, 7) is 8.21. The Balaban J connectivity index is 1.98. The zero-order valence-corrected chi connectivity index (χ0v) is 17.2. The van der Waals surface area contributed by atoms with Gasteiger partial charge >= 0.3 is 13.2 Å². The molecule has 2 heterocycles. The van der Waals surface area contributed by atoms with Crippen molar-refractivity contribution in [1.82, 2.24) is 14.7 Å². The van der Waals surface area contributed by atoms with Gasteiger partial charge in [0.25, 0.3) is 0 Å². The van der Waals surface area contributed by atoms with E-state index >= 15 is 0 Å². The Morgan fingerprint density at radius 3 is 2.46 bits per heavy atom. The third kappa shape index (κ3) is 3.60. The Labute approximate surface area is 164 Å². The van der Waals surface area contributed by atoms with Gasteiger partial charge in [-0.2, -0.15) is 5.10 Å². The van der Waals surface area contributed by atoms with Crippen molar-refractivity contribution >= 4 is 29.6 Å². The maximum absolute atomic E-state index is 14.3. The van der Waals surface area contributed by atoms with E-state index in [0.717, 1.165) is 11.1 Å². The minimum atomic E-state index is -0.963. The van der Waals surface area contributed by atoms with Gasteiger partial charge in [-0.1, -0.05) is 0 Å². The molecule has 1 fully saturated rings. The Morgan fingerprint density at radius 2 is 1.89 bits per heavy atom. The number of fused-ring (bicyclic) bond motifs is 1. The van der Waals surface area contributed by atoms with Gasteiger partial charge in [0.2, 0.25) is 0 Å². The second kappa shape index (κ2) is 7.04. The summed E-state index contributed by atoms with van der Waals surface area (Å²) in [7, 11) is 2.64. The van der Waals surface area contributed by atoms with Gasteiger partial charge in [0.05, 0.1) is 16.7 Å². The number of nitrogens with zero attached hydrogens (tertiary/aromatic N) is 3. The Morgan fingerprint density at radius 1 is 1.29 bits per heavy atom. The number of hydrogen-bond acceptors (Lipinski definition) is 4. The normalized spacial score (nSPS) is 18.0. The average molecular weight is 391 g/mol. The molecule has 2 aromatic rings. The smallest absolute Gasteiger partial charge is 0.465 e. The van der Waals surface area contributed by atoms with Gasteiger partial charge in [-0.3, -0.25) is 4.68 Å². The molecule has 3 rings (SSSR count). The van der Waals surface area contributed by atoms with Gasteiger partial charge in [-0.25, -0.2) is 9.18 Å². The highest BCUT2D eigenvalue weighted by molar-refractivity contribution is 6.65. The molecule has 1 aromatic heterocycles. The first-order valence-electron chi connectivity index (χ1n) is 9.37. The minimum absolute atomic E-state index is 0.396. The fourth-order valence-corrected chi connectivity index (χ4v) is 3.41. The largest absolute Gasteiger partial charge is 0.495 e. The highest BCUT2D eigenvalue weighted by Crippen LogP contribution is 2.37. The third-order valence-corrected chi connectivity index (χ3v) is 5.79. The van der Waals surface area contributed by atoms with E-state index in [-0.39, 0.29) is 0 Å². The standard InChI is InChI=1S/C19H27BFN3O4/c1-18(2)19(3,4)28-20(27-18)13-10-12(21)11-14-16(13)15(24(6)22-14)8-7-9-23(5)17(25)26/h10-11H,7-9H2,1-6H3,(H,25,26). The molecule has 1 aromatic carbocycles. The molecule has 1 amide bonds. The summed E-state index contributed by atoms with van der Waals surface area (Å²) in [5.41, 5.74) is 0.974. The molecule has 0 saturated carbocycles. The van der Waals surface area contributed by atoms with Crippen LogP contribution in [0.1, 0.15) is 39.8 Å². The molecule has 0 unspecified atom stereocenters. The Hall–Kier alpha value is -2.13. The van der Waals surface area contributed by atoms with Crippen molar-refractivity contribution in [2.75, 3.05) is 13.6 Å². The van der Waals surface area contributed by atoms with E-state index in [1.807, 2.05) is 34.7 Å². The zero-order valence-electron chi connectivity index (χ0n) is 17.2.